The summed E-state index contributed by atoms with van der Waals surface area (Å²) in [5, 5.41) is 0. The number of ether oxygens (including phenoxy) is 1. The van der Waals surface area contributed by atoms with Crippen molar-refractivity contribution >= 4 is 22.6 Å². The average Bonchev–Trinajstić information content (AvgIpc) is 2.33. The summed E-state index contributed by atoms with van der Waals surface area (Å²) >= 11 is 1.85. The van der Waals surface area contributed by atoms with E-state index in [1.165, 1.54) is 18.2 Å². The van der Waals surface area contributed by atoms with E-state index in [4.69, 9.17) is 0 Å². The SMILES string of the molecule is Cc1nc(-c2cccc(OC(F)(F)F)c2)[nH]c(=O)c1I. The molecule has 2 rings (SSSR count). The van der Waals surface area contributed by atoms with Gasteiger partial charge in [-0.2, -0.15) is 0 Å². The highest BCUT2D eigenvalue weighted by atomic mass is 127. The van der Waals surface area contributed by atoms with Crippen molar-refractivity contribution in [1.29, 1.82) is 0 Å². The second kappa shape index (κ2) is 5.43. The number of rotatable bonds is 2. The molecule has 4 nitrogen and oxygen atoms in total. The molecule has 0 saturated carbocycles. The molecule has 0 fully saturated rings. The molecule has 0 spiro atoms. The van der Waals surface area contributed by atoms with Crippen LogP contribution in [0.2, 0.25) is 0 Å². The minimum atomic E-state index is -4.76. The Morgan fingerprint density at radius 2 is 2.05 bits per heavy atom. The normalized spacial score (nSPS) is 11.4. The van der Waals surface area contributed by atoms with Gasteiger partial charge in [0.15, 0.2) is 0 Å². The number of aromatic amines is 1. The molecule has 2 aromatic rings. The number of nitrogens with one attached hydrogen (secondary N) is 1. The van der Waals surface area contributed by atoms with Crippen LogP contribution in [0, 0.1) is 10.5 Å². The van der Waals surface area contributed by atoms with Gasteiger partial charge in [-0.3, -0.25) is 4.79 Å². The van der Waals surface area contributed by atoms with Gasteiger partial charge in [0.1, 0.15) is 11.6 Å². The lowest BCUT2D eigenvalue weighted by Crippen LogP contribution is -2.17. The van der Waals surface area contributed by atoms with Crippen LogP contribution in [-0.2, 0) is 0 Å². The van der Waals surface area contributed by atoms with Crippen molar-refractivity contribution in [2.75, 3.05) is 0 Å². The Bertz CT molecular complexity index is 698. The molecule has 0 aliphatic heterocycles. The minimum absolute atomic E-state index is 0.195. The summed E-state index contributed by atoms with van der Waals surface area (Å²) in [5.41, 5.74) is 0.505. The molecule has 0 aliphatic rings. The molecular formula is C12H8F3IN2O2. The summed E-state index contributed by atoms with van der Waals surface area (Å²) in [6, 6.07) is 5.27. The highest BCUT2D eigenvalue weighted by Crippen LogP contribution is 2.26. The van der Waals surface area contributed by atoms with Gasteiger partial charge in [-0.1, -0.05) is 12.1 Å². The second-order valence-corrected chi connectivity index (χ2v) is 4.97. The van der Waals surface area contributed by atoms with E-state index in [1.54, 1.807) is 6.92 Å². The minimum Gasteiger partial charge on any atom is -0.406 e. The van der Waals surface area contributed by atoms with E-state index in [2.05, 4.69) is 14.7 Å². The maximum atomic E-state index is 12.2. The van der Waals surface area contributed by atoms with E-state index >= 15 is 0 Å². The molecule has 1 aromatic heterocycles. The van der Waals surface area contributed by atoms with Gasteiger partial charge >= 0.3 is 6.36 Å². The maximum Gasteiger partial charge on any atom is 0.573 e. The Balaban J connectivity index is 2.44. The largest absolute Gasteiger partial charge is 0.573 e. The zero-order valence-corrected chi connectivity index (χ0v) is 12.2. The fraction of sp³-hybridized carbons (Fsp3) is 0.167. The monoisotopic (exact) mass is 396 g/mol. The van der Waals surface area contributed by atoms with E-state index in [1.807, 2.05) is 22.6 Å². The first-order chi connectivity index (χ1) is 9.26. The Morgan fingerprint density at radius 3 is 2.65 bits per heavy atom. The third-order valence-electron chi connectivity index (χ3n) is 2.37. The van der Waals surface area contributed by atoms with Gasteiger partial charge in [-0.15, -0.1) is 13.2 Å². The van der Waals surface area contributed by atoms with E-state index in [0.717, 1.165) is 6.07 Å². The molecule has 20 heavy (non-hydrogen) atoms. The summed E-state index contributed by atoms with van der Waals surface area (Å²) in [6.07, 6.45) is -4.76. The third kappa shape index (κ3) is 3.50. The van der Waals surface area contributed by atoms with Crippen LogP contribution in [0.5, 0.6) is 5.75 Å². The number of hydrogen-bond acceptors (Lipinski definition) is 3. The Labute approximate surface area is 125 Å². The number of H-pyrrole nitrogens is 1. The summed E-state index contributed by atoms with van der Waals surface area (Å²) in [6.45, 7) is 1.65. The Kier molecular flexibility index (Phi) is 4.02. The molecule has 0 amide bonds. The number of hydrogen-bond donors (Lipinski definition) is 1. The smallest absolute Gasteiger partial charge is 0.406 e. The van der Waals surface area contributed by atoms with Crippen molar-refractivity contribution in [2.24, 2.45) is 0 Å². The van der Waals surface area contributed by atoms with Crippen molar-refractivity contribution in [3.63, 3.8) is 0 Å². The molecule has 0 bridgehead atoms. The first kappa shape index (κ1) is 14.8. The first-order valence-electron chi connectivity index (χ1n) is 5.39. The van der Waals surface area contributed by atoms with Gasteiger partial charge in [0.2, 0.25) is 0 Å². The summed E-state index contributed by atoms with van der Waals surface area (Å²) in [4.78, 5) is 18.3. The molecule has 8 heteroatoms. The standard InChI is InChI=1S/C12H8F3IN2O2/c1-6-9(16)11(19)18-10(17-6)7-3-2-4-8(5-7)20-12(13,14)15/h2-5H,1H3,(H,17,18,19). The highest BCUT2D eigenvalue weighted by Gasteiger charge is 2.31. The van der Waals surface area contributed by atoms with Gasteiger partial charge in [0.25, 0.3) is 5.56 Å². The van der Waals surface area contributed by atoms with Crippen molar-refractivity contribution in [3.8, 4) is 17.1 Å². The second-order valence-electron chi connectivity index (χ2n) is 3.89. The van der Waals surface area contributed by atoms with Gasteiger partial charge in [0.05, 0.1) is 9.26 Å². The lowest BCUT2D eigenvalue weighted by molar-refractivity contribution is -0.274. The van der Waals surface area contributed by atoms with E-state index < -0.39 is 6.36 Å². The fourth-order valence-electron chi connectivity index (χ4n) is 1.55. The number of alkyl halides is 3. The Morgan fingerprint density at radius 1 is 1.35 bits per heavy atom. The molecule has 0 atom stereocenters. The number of benzene rings is 1. The van der Waals surface area contributed by atoms with Crippen LogP contribution in [0.1, 0.15) is 5.69 Å². The predicted molar refractivity (Wildman–Crippen MR) is 74.4 cm³/mol. The molecular weight excluding hydrogens is 388 g/mol. The van der Waals surface area contributed by atoms with Crippen LogP contribution in [-0.4, -0.2) is 16.3 Å². The molecule has 1 aromatic carbocycles. The van der Waals surface area contributed by atoms with Crippen LogP contribution in [0.4, 0.5) is 13.2 Å². The van der Waals surface area contributed by atoms with E-state index in [9.17, 15) is 18.0 Å². The topological polar surface area (TPSA) is 55.0 Å². The van der Waals surface area contributed by atoms with Crippen LogP contribution in [0.3, 0.4) is 0 Å². The molecule has 0 aliphatic carbocycles. The number of aryl methyl sites for hydroxylation is 1. The molecule has 1 N–H and O–H groups in total. The first-order valence-corrected chi connectivity index (χ1v) is 6.47. The predicted octanol–water partition coefficient (Wildman–Crippen LogP) is 3.25. The van der Waals surface area contributed by atoms with Crippen LogP contribution < -0.4 is 10.3 Å². The molecule has 0 saturated heterocycles. The summed E-state index contributed by atoms with van der Waals surface area (Å²) in [5.74, 6) is -0.172. The van der Waals surface area contributed by atoms with Crippen molar-refractivity contribution in [3.05, 3.63) is 43.9 Å². The quantitative estimate of drug-likeness (QED) is 0.794. The maximum absolute atomic E-state index is 12.2. The number of nitrogens with zero attached hydrogens (tertiary/aromatic N) is 1. The number of aromatic nitrogens is 2. The molecule has 0 unspecified atom stereocenters. The third-order valence-corrected chi connectivity index (χ3v) is 3.64. The van der Waals surface area contributed by atoms with Crippen molar-refractivity contribution in [2.45, 2.75) is 13.3 Å². The number of halogens is 4. The van der Waals surface area contributed by atoms with Crippen LogP contribution in [0.25, 0.3) is 11.4 Å². The molecule has 0 radical (unpaired) electrons. The average molecular weight is 396 g/mol. The zero-order valence-electron chi connectivity index (χ0n) is 10.1. The van der Waals surface area contributed by atoms with Gasteiger partial charge in [-0.05, 0) is 41.6 Å². The zero-order chi connectivity index (χ0) is 14.9. The fourth-order valence-corrected chi connectivity index (χ4v) is 1.80. The summed E-state index contributed by atoms with van der Waals surface area (Å²) in [7, 11) is 0. The molecule has 1 heterocycles. The van der Waals surface area contributed by atoms with Crippen molar-refractivity contribution < 1.29 is 17.9 Å². The van der Waals surface area contributed by atoms with Gasteiger partial charge in [0, 0.05) is 5.56 Å². The van der Waals surface area contributed by atoms with Crippen LogP contribution in [0.15, 0.2) is 29.1 Å². The van der Waals surface area contributed by atoms with E-state index in [0.29, 0.717) is 14.8 Å². The van der Waals surface area contributed by atoms with Crippen LogP contribution >= 0.6 is 22.6 Å². The molecule has 106 valence electrons. The van der Waals surface area contributed by atoms with E-state index in [-0.39, 0.29) is 17.1 Å². The summed E-state index contributed by atoms with van der Waals surface area (Å²) < 4.78 is 40.7. The van der Waals surface area contributed by atoms with Gasteiger partial charge in [-0.25, -0.2) is 4.98 Å². The Hall–Kier alpha value is -1.58. The van der Waals surface area contributed by atoms with Crippen molar-refractivity contribution in [1.82, 2.24) is 9.97 Å². The lowest BCUT2D eigenvalue weighted by atomic mass is 10.2. The lowest BCUT2D eigenvalue weighted by Gasteiger charge is -2.10. The highest BCUT2D eigenvalue weighted by molar-refractivity contribution is 14.1. The van der Waals surface area contributed by atoms with Gasteiger partial charge < -0.3 is 9.72 Å².